The van der Waals surface area contributed by atoms with Crippen LogP contribution in [0.4, 0.5) is 18.9 Å². The Morgan fingerprint density at radius 2 is 1.89 bits per heavy atom. The smallest absolute Gasteiger partial charge is 0.398 e. The summed E-state index contributed by atoms with van der Waals surface area (Å²) in [5.41, 5.74) is 5.74. The van der Waals surface area contributed by atoms with Crippen LogP contribution in [0.25, 0.3) is 11.3 Å². The average molecular weight is 263 g/mol. The van der Waals surface area contributed by atoms with Gasteiger partial charge in [-0.3, -0.25) is 4.98 Å². The molecule has 96 valence electrons. The highest BCUT2D eigenvalue weighted by atomic mass is 19.4. The molecule has 0 saturated heterocycles. The lowest BCUT2D eigenvalue weighted by Gasteiger charge is -2.11. The largest absolute Gasteiger partial charge is 0.416 e. The normalized spacial score (nSPS) is 11.1. The number of benzene rings is 1. The van der Waals surface area contributed by atoms with Crippen LogP contribution in [0.5, 0.6) is 0 Å². The van der Waals surface area contributed by atoms with Crippen LogP contribution in [-0.2, 0) is 6.18 Å². The molecule has 0 radical (unpaired) electrons. The van der Waals surface area contributed by atoms with Gasteiger partial charge in [0.1, 0.15) is 0 Å². The second-order valence-corrected chi connectivity index (χ2v) is 3.84. The number of nitriles is 1. The van der Waals surface area contributed by atoms with E-state index >= 15 is 0 Å². The molecule has 2 aromatic rings. The lowest BCUT2D eigenvalue weighted by Crippen LogP contribution is -2.06. The van der Waals surface area contributed by atoms with E-state index in [4.69, 9.17) is 11.0 Å². The Kier molecular flexibility index (Phi) is 3.13. The zero-order valence-corrected chi connectivity index (χ0v) is 9.57. The fourth-order valence-corrected chi connectivity index (χ4v) is 1.60. The van der Waals surface area contributed by atoms with Crippen LogP contribution in [0.2, 0.25) is 0 Å². The van der Waals surface area contributed by atoms with E-state index in [0.717, 1.165) is 12.1 Å². The number of nitrogens with zero attached hydrogens (tertiary/aromatic N) is 2. The van der Waals surface area contributed by atoms with Gasteiger partial charge in [0, 0.05) is 17.4 Å². The van der Waals surface area contributed by atoms with Gasteiger partial charge in [-0.2, -0.15) is 18.4 Å². The highest BCUT2D eigenvalue weighted by Gasteiger charge is 2.31. The number of hydrogen-bond acceptors (Lipinski definition) is 3. The molecule has 2 N–H and O–H groups in total. The molecule has 0 unspecified atom stereocenters. The van der Waals surface area contributed by atoms with Crippen LogP contribution in [0.15, 0.2) is 36.5 Å². The van der Waals surface area contributed by atoms with Crippen molar-refractivity contribution in [2.45, 2.75) is 6.18 Å². The number of hydrogen-bond donors (Lipinski definition) is 1. The van der Waals surface area contributed by atoms with Crippen molar-refractivity contribution in [2.24, 2.45) is 0 Å². The first kappa shape index (κ1) is 12.9. The number of nitrogens with two attached hydrogens (primary N) is 1. The zero-order valence-electron chi connectivity index (χ0n) is 9.57. The average Bonchev–Trinajstić information content (AvgIpc) is 2.38. The second-order valence-electron chi connectivity index (χ2n) is 3.84. The Morgan fingerprint density at radius 1 is 1.16 bits per heavy atom. The summed E-state index contributed by atoms with van der Waals surface area (Å²) in [7, 11) is 0. The van der Waals surface area contributed by atoms with Crippen molar-refractivity contribution in [3.8, 4) is 17.3 Å². The molecule has 0 aliphatic carbocycles. The summed E-state index contributed by atoms with van der Waals surface area (Å²) in [6, 6.07) is 7.78. The summed E-state index contributed by atoms with van der Waals surface area (Å²) in [6.45, 7) is 0. The van der Waals surface area contributed by atoms with Crippen LogP contribution in [0.3, 0.4) is 0 Å². The monoisotopic (exact) mass is 263 g/mol. The molecule has 1 heterocycles. The lowest BCUT2D eigenvalue weighted by atomic mass is 10.0. The fraction of sp³-hybridized carbons (Fsp3) is 0.0769. The molecule has 1 aromatic heterocycles. The number of aromatic nitrogens is 1. The molecule has 0 aliphatic rings. The minimum atomic E-state index is -4.45. The molecule has 0 spiro atoms. The predicted octanol–water partition coefficient (Wildman–Crippen LogP) is 3.22. The molecule has 0 amide bonds. The summed E-state index contributed by atoms with van der Waals surface area (Å²) in [5.74, 6) is 0. The molecular formula is C13H8F3N3. The Bertz CT molecular complexity index is 657. The lowest BCUT2D eigenvalue weighted by molar-refractivity contribution is -0.137. The quantitative estimate of drug-likeness (QED) is 0.803. The molecule has 0 bridgehead atoms. The van der Waals surface area contributed by atoms with Crippen molar-refractivity contribution < 1.29 is 13.2 Å². The number of nitrogen functional groups attached to an aromatic ring is 1. The Balaban J connectivity index is 2.58. The van der Waals surface area contributed by atoms with E-state index in [1.54, 1.807) is 0 Å². The topological polar surface area (TPSA) is 62.7 Å². The second kappa shape index (κ2) is 4.61. The third-order valence-corrected chi connectivity index (χ3v) is 2.55. The standard InChI is InChI=1S/C13H8F3N3/c14-13(15,16)9-1-2-11(18)10(6-9)12-5-8(7-17)3-4-19-12/h1-6H,18H2. The molecule has 19 heavy (non-hydrogen) atoms. The number of halogens is 3. The van der Waals surface area contributed by atoms with Gasteiger partial charge in [0.2, 0.25) is 0 Å². The molecule has 0 aliphatic heterocycles. The van der Waals surface area contributed by atoms with Gasteiger partial charge in [-0.1, -0.05) is 0 Å². The number of rotatable bonds is 1. The van der Waals surface area contributed by atoms with Gasteiger partial charge in [-0.05, 0) is 30.3 Å². The van der Waals surface area contributed by atoms with Crippen LogP contribution >= 0.6 is 0 Å². The molecule has 0 atom stereocenters. The van der Waals surface area contributed by atoms with E-state index in [9.17, 15) is 13.2 Å². The van der Waals surface area contributed by atoms with E-state index in [-0.39, 0.29) is 16.9 Å². The predicted molar refractivity (Wildman–Crippen MR) is 63.8 cm³/mol. The maximum Gasteiger partial charge on any atom is 0.416 e. The first-order chi connectivity index (χ1) is 8.91. The summed E-state index contributed by atoms with van der Waals surface area (Å²) in [6.07, 6.45) is -3.09. The molecular weight excluding hydrogens is 255 g/mol. The summed E-state index contributed by atoms with van der Waals surface area (Å²) in [5, 5.41) is 8.77. The van der Waals surface area contributed by atoms with E-state index in [0.29, 0.717) is 5.56 Å². The summed E-state index contributed by atoms with van der Waals surface area (Å²) in [4.78, 5) is 3.94. The first-order valence-electron chi connectivity index (χ1n) is 5.25. The molecule has 3 nitrogen and oxygen atoms in total. The summed E-state index contributed by atoms with van der Waals surface area (Å²) < 4.78 is 37.9. The zero-order chi connectivity index (χ0) is 14.0. The van der Waals surface area contributed by atoms with Gasteiger partial charge in [-0.15, -0.1) is 0 Å². The van der Waals surface area contributed by atoms with E-state index in [2.05, 4.69) is 4.98 Å². The first-order valence-corrected chi connectivity index (χ1v) is 5.25. The SMILES string of the molecule is N#Cc1ccnc(-c2cc(C(F)(F)F)ccc2N)c1. The molecule has 2 rings (SSSR count). The third kappa shape index (κ3) is 2.65. The Morgan fingerprint density at radius 3 is 2.53 bits per heavy atom. The summed E-state index contributed by atoms with van der Waals surface area (Å²) >= 11 is 0. The number of anilines is 1. The van der Waals surface area contributed by atoms with Crippen molar-refractivity contribution in [3.63, 3.8) is 0 Å². The minimum Gasteiger partial charge on any atom is -0.398 e. The van der Waals surface area contributed by atoms with Gasteiger partial charge in [0.15, 0.2) is 0 Å². The molecule has 0 fully saturated rings. The van der Waals surface area contributed by atoms with Crippen molar-refractivity contribution in [2.75, 3.05) is 5.73 Å². The van der Waals surface area contributed by atoms with E-state index in [1.165, 1.54) is 24.4 Å². The van der Waals surface area contributed by atoms with Crippen molar-refractivity contribution in [3.05, 3.63) is 47.7 Å². The maximum atomic E-state index is 12.6. The molecule has 0 saturated carbocycles. The number of pyridine rings is 1. The van der Waals surface area contributed by atoms with Gasteiger partial charge < -0.3 is 5.73 Å². The van der Waals surface area contributed by atoms with Gasteiger partial charge >= 0.3 is 6.18 Å². The highest BCUT2D eigenvalue weighted by molar-refractivity contribution is 5.75. The van der Waals surface area contributed by atoms with Crippen molar-refractivity contribution >= 4 is 5.69 Å². The fourth-order valence-electron chi connectivity index (χ4n) is 1.60. The van der Waals surface area contributed by atoms with Gasteiger partial charge in [0.05, 0.1) is 22.9 Å². The Labute approximate surface area is 107 Å². The van der Waals surface area contributed by atoms with Gasteiger partial charge in [-0.25, -0.2) is 0 Å². The van der Waals surface area contributed by atoms with E-state index in [1.807, 2.05) is 6.07 Å². The van der Waals surface area contributed by atoms with Crippen LogP contribution in [0.1, 0.15) is 11.1 Å². The third-order valence-electron chi connectivity index (χ3n) is 2.55. The highest BCUT2D eigenvalue weighted by Crippen LogP contribution is 2.34. The Hall–Kier alpha value is -2.55. The molecule has 6 heteroatoms. The minimum absolute atomic E-state index is 0.159. The maximum absolute atomic E-state index is 12.6. The van der Waals surface area contributed by atoms with Crippen molar-refractivity contribution in [1.29, 1.82) is 5.26 Å². The van der Waals surface area contributed by atoms with Gasteiger partial charge in [0.25, 0.3) is 0 Å². The van der Waals surface area contributed by atoms with Crippen LogP contribution < -0.4 is 5.73 Å². The van der Waals surface area contributed by atoms with Crippen LogP contribution in [-0.4, -0.2) is 4.98 Å². The van der Waals surface area contributed by atoms with Crippen molar-refractivity contribution in [1.82, 2.24) is 4.98 Å². The molecule has 1 aromatic carbocycles. The van der Waals surface area contributed by atoms with E-state index < -0.39 is 11.7 Å². The van der Waals surface area contributed by atoms with Crippen LogP contribution in [0, 0.1) is 11.3 Å². The number of alkyl halides is 3.